The first-order chi connectivity index (χ1) is 9.69. The zero-order chi connectivity index (χ0) is 14.1. The van der Waals surface area contributed by atoms with Crippen LogP contribution in [0.4, 0.5) is 14.9 Å². The Morgan fingerprint density at radius 1 is 1.50 bits per heavy atom. The Kier molecular flexibility index (Phi) is 3.14. The highest BCUT2D eigenvalue weighted by Gasteiger charge is 2.31. The number of halogens is 1. The molecule has 1 amide bonds. The van der Waals surface area contributed by atoms with Crippen LogP contribution >= 0.6 is 0 Å². The average molecular weight is 275 g/mol. The van der Waals surface area contributed by atoms with Crippen LogP contribution in [0, 0.1) is 5.82 Å². The Bertz CT molecular complexity index is 650. The standard InChI is InChI=1S/C14H14FN3O2/c1-20-14(19)16-13-11(8-5-6-8)17-18-12(13)9-3-2-4-10(15)7-9/h2-4,7-8H,5-6H2,1H3,(H,16,19)(H,17,18). The summed E-state index contributed by atoms with van der Waals surface area (Å²) in [4.78, 5) is 11.5. The molecule has 0 atom stereocenters. The lowest BCUT2D eigenvalue weighted by Crippen LogP contribution is -2.12. The number of hydrogen-bond donors (Lipinski definition) is 2. The number of rotatable bonds is 3. The van der Waals surface area contributed by atoms with Crippen LogP contribution in [0.1, 0.15) is 24.5 Å². The van der Waals surface area contributed by atoms with Gasteiger partial charge in [0.05, 0.1) is 18.5 Å². The minimum absolute atomic E-state index is 0.345. The summed E-state index contributed by atoms with van der Waals surface area (Å²) < 4.78 is 18.0. The molecular weight excluding hydrogens is 261 g/mol. The molecule has 1 aliphatic carbocycles. The SMILES string of the molecule is COC(=O)Nc1c(-c2cccc(F)c2)n[nH]c1C1CC1. The molecule has 1 fully saturated rings. The Labute approximate surface area is 115 Å². The molecule has 1 aliphatic rings. The van der Waals surface area contributed by atoms with E-state index in [1.54, 1.807) is 12.1 Å². The predicted molar refractivity (Wildman–Crippen MR) is 72.0 cm³/mol. The second kappa shape index (κ2) is 4.96. The number of carbonyl (C=O) groups excluding carboxylic acids is 1. The summed E-state index contributed by atoms with van der Waals surface area (Å²) in [6.45, 7) is 0. The number of ether oxygens (including phenoxy) is 1. The van der Waals surface area contributed by atoms with Crippen molar-refractivity contribution in [2.45, 2.75) is 18.8 Å². The molecule has 6 heteroatoms. The van der Waals surface area contributed by atoms with E-state index in [1.807, 2.05) is 0 Å². The first-order valence-electron chi connectivity index (χ1n) is 6.38. The van der Waals surface area contributed by atoms with Crippen LogP contribution in [0.3, 0.4) is 0 Å². The number of carbonyl (C=O) groups is 1. The highest BCUT2D eigenvalue weighted by molar-refractivity contribution is 5.91. The molecule has 1 heterocycles. The van der Waals surface area contributed by atoms with E-state index in [2.05, 4.69) is 20.3 Å². The summed E-state index contributed by atoms with van der Waals surface area (Å²) in [6.07, 6.45) is 1.55. The van der Waals surface area contributed by atoms with Gasteiger partial charge < -0.3 is 4.74 Å². The topological polar surface area (TPSA) is 67.0 Å². The van der Waals surface area contributed by atoms with Crippen LogP contribution in [0.2, 0.25) is 0 Å². The van der Waals surface area contributed by atoms with Gasteiger partial charge in [0, 0.05) is 11.5 Å². The van der Waals surface area contributed by atoms with E-state index in [-0.39, 0.29) is 5.82 Å². The number of H-pyrrole nitrogens is 1. The number of nitrogens with one attached hydrogen (secondary N) is 2. The summed E-state index contributed by atoms with van der Waals surface area (Å²) in [5.41, 5.74) is 2.58. The summed E-state index contributed by atoms with van der Waals surface area (Å²) in [5, 5.41) is 9.83. The molecule has 0 bridgehead atoms. The maximum Gasteiger partial charge on any atom is 0.411 e. The van der Waals surface area contributed by atoms with Crippen LogP contribution in [-0.4, -0.2) is 23.4 Å². The van der Waals surface area contributed by atoms with Gasteiger partial charge in [-0.1, -0.05) is 12.1 Å². The van der Waals surface area contributed by atoms with Gasteiger partial charge in [0.1, 0.15) is 11.5 Å². The number of hydrogen-bond acceptors (Lipinski definition) is 3. The number of anilines is 1. The number of nitrogens with zero attached hydrogens (tertiary/aromatic N) is 1. The van der Waals surface area contributed by atoms with E-state index in [4.69, 9.17) is 0 Å². The van der Waals surface area contributed by atoms with Gasteiger partial charge in [-0.25, -0.2) is 9.18 Å². The zero-order valence-corrected chi connectivity index (χ0v) is 10.9. The quantitative estimate of drug-likeness (QED) is 0.903. The average Bonchev–Trinajstić information content (AvgIpc) is 3.20. The normalized spacial score (nSPS) is 14.1. The maximum absolute atomic E-state index is 13.3. The molecule has 1 aromatic carbocycles. The van der Waals surface area contributed by atoms with Crippen molar-refractivity contribution < 1.29 is 13.9 Å². The summed E-state index contributed by atoms with van der Waals surface area (Å²) in [5.74, 6) is 0.0273. The van der Waals surface area contributed by atoms with E-state index >= 15 is 0 Å². The minimum Gasteiger partial charge on any atom is -0.453 e. The molecule has 0 radical (unpaired) electrons. The molecule has 1 saturated carbocycles. The molecular formula is C14H14FN3O2. The second-order valence-electron chi connectivity index (χ2n) is 4.76. The fourth-order valence-electron chi connectivity index (χ4n) is 2.15. The number of methoxy groups -OCH3 is 1. The summed E-state index contributed by atoms with van der Waals surface area (Å²) in [7, 11) is 1.30. The maximum atomic E-state index is 13.3. The van der Waals surface area contributed by atoms with Crippen LogP contribution in [0.25, 0.3) is 11.3 Å². The summed E-state index contributed by atoms with van der Waals surface area (Å²) >= 11 is 0. The van der Waals surface area contributed by atoms with Crippen molar-refractivity contribution in [1.82, 2.24) is 10.2 Å². The van der Waals surface area contributed by atoms with Gasteiger partial charge in [-0.15, -0.1) is 0 Å². The first kappa shape index (κ1) is 12.7. The fourth-order valence-corrected chi connectivity index (χ4v) is 2.15. The number of aromatic nitrogens is 2. The molecule has 0 spiro atoms. The monoisotopic (exact) mass is 275 g/mol. The molecule has 104 valence electrons. The lowest BCUT2D eigenvalue weighted by atomic mass is 10.1. The van der Waals surface area contributed by atoms with Gasteiger partial charge >= 0.3 is 6.09 Å². The van der Waals surface area contributed by atoms with Gasteiger partial charge in [0.2, 0.25) is 0 Å². The van der Waals surface area contributed by atoms with Crippen molar-refractivity contribution in [3.63, 3.8) is 0 Å². The van der Waals surface area contributed by atoms with Crippen LogP contribution in [-0.2, 0) is 4.74 Å². The molecule has 0 unspecified atom stereocenters. The second-order valence-corrected chi connectivity index (χ2v) is 4.76. The van der Waals surface area contributed by atoms with Crippen molar-refractivity contribution >= 4 is 11.8 Å². The lowest BCUT2D eigenvalue weighted by molar-refractivity contribution is 0.187. The van der Waals surface area contributed by atoms with Crippen LogP contribution < -0.4 is 5.32 Å². The van der Waals surface area contributed by atoms with Gasteiger partial charge in [-0.3, -0.25) is 10.4 Å². The zero-order valence-electron chi connectivity index (χ0n) is 10.9. The van der Waals surface area contributed by atoms with Crippen molar-refractivity contribution in [3.05, 3.63) is 35.8 Å². The Morgan fingerprint density at radius 3 is 2.95 bits per heavy atom. The van der Waals surface area contributed by atoms with Crippen LogP contribution in [0.15, 0.2) is 24.3 Å². The van der Waals surface area contributed by atoms with E-state index in [1.165, 1.54) is 19.2 Å². The van der Waals surface area contributed by atoms with Crippen molar-refractivity contribution in [1.29, 1.82) is 0 Å². The molecule has 0 saturated heterocycles. The van der Waals surface area contributed by atoms with Gasteiger partial charge in [0.25, 0.3) is 0 Å². The molecule has 0 aliphatic heterocycles. The molecule has 1 aromatic heterocycles. The third-order valence-electron chi connectivity index (χ3n) is 3.29. The predicted octanol–water partition coefficient (Wildman–Crippen LogP) is 3.27. The van der Waals surface area contributed by atoms with Crippen LogP contribution in [0.5, 0.6) is 0 Å². The lowest BCUT2D eigenvalue weighted by Gasteiger charge is -2.07. The highest BCUT2D eigenvalue weighted by Crippen LogP contribution is 2.45. The largest absolute Gasteiger partial charge is 0.453 e. The van der Waals surface area contributed by atoms with Crippen molar-refractivity contribution in [2.24, 2.45) is 0 Å². The number of benzene rings is 1. The number of amides is 1. The Morgan fingerprint density at radius 2 is 2.30 bits per heavy atom. The first-order valence-corrected chi connectivity index (χ1v) is 6.38. The van der Waals surface area contributed by atoms with E-state index in [0.717, 1.165) is 18.5 Å². The third-order valence-corrected chi connectivity index (χ3v) is 3.29. The minimum atomic E-state index is -0.564. The smallest absolute Gasteiger partial charge is 0.411 e. The highest BCUT2D eigenvalue weighted by atomic mass is 19.1. The van der Waals surface area contributed by atoms with E-state index in [0.29, 0.717) is 22.9 Å². The molecule has 20 heavy (non-hydrogen) atoms. The third kappa shape index (κ3) is 2.36. The van der Waals surface area contributed by atoms with E-state index < -0.39 is 6.09 Å². The molecule has 2 N–H and O–H groups in total. The van der Waals surface area contributed by atoms with E-state index in [9.17, 15) is 9.18 Å². The fraction of sp³-hybridized carbons (Fsp3) is 0.286. The van der Waals surface area contributed by atoms with Gasteiger partial charge in [-0.2, -0.15) is 5.10 Å². The molecule has 2 aromatic rings. The number of aromatic amines is 1. The molecule has 5 nitrogen and oxygen atoms in total. The van der Waals surface area contributed by atoms with Gasteiger partial charge in [-0.05, 0) is 25.0 Å². The summed E-state index contributed by atoms with van der Waals surface area (Å²) in [6, 6.07) is 6.11. The van der Waals surface area contributed by atoms with Gasteiger partial charge in [0.15, 0.2) is 0 Å². The Balaban J connectivity index is 2.03. The van der Waals surface area contributed by atoms with Crippen molar-refractivity contribution in [2.75, 3.05) is 12.4 Å². The Hall–Kier alpha value is -2.37. The van der Waals surface area contributed by atoms with Crippen molar-refractivity contribution in [3.8, 4) is 11.3 Å². The molecule has 3 rings (SSSR count).